The normalized spacial score (nSPS) is 10.7. The highest BCUT2D eigenvalue weighted by atomic mass is 15.0. The molecule has 0 saturated carbocycles. The van der Waals surface area contributed by atoms with Crippen LogP contribution in [0.25, 0.3) is 11.4 Å². The molecule has 0 aliphatic heterocycles. The lowest BCUT2D eigenvalue weighted by atomic mass is 10.0. The summed E-state index contributed by atoms with van der Waals surface area (Å²) in [6, 6.07) is 6.20. The molecule has 1 aromatic carbocycles. The molecule has 0 unspecified atom stereocenters. The summed E-state index contributed by atoms with van der Waals surface area (Å²) < 4.78 is 0. The van der Waals surface area contributed by atoms with E-state index in [0.29, 0.717) is 5.82 Å². The first-order chi connectivity index (χ1) is 8.54. The zero-order valence-electron chi connectivity index (χ0n) is 11.4. The summed E-state index contributed by atoms with van der Waals surface area (Å²) in [6.07, 6.45) is 0.872. The topological polar surface area (TPSA) is 51.8 Å². The fourth-order valence-corrected chi connectivity index (χ4v) is 2.21. The van der Waals surface area contributed by atoms with Crippen LogP contribution in [0.2, 0.25) is 0 Å². The van der Waals surface area contributed by atoms with Gasteiger partial charge in [-0.2, -0.15) is 0 Å². The van der Waals surface area contributed by atoms with Crippen molar-refractivity contribution in [2.24, 2.45) is 0 Å². The van der Waals surface area contributed by atoms with E-state index in [0.717, 1.165) is 29.1 Å². The van der Waals surface area contributed by atoms with E-state index in [1.165, 1.54) is 11.1 Å². The first-order valence-electron chi connectivity index (χ1n) is 6.24. The molecular weight excluding hydrogens is 222 g/mol. The van der Waals surface area contributed by atoms with Crippen LogP contribution in [0.3, 0.4) is 0 Å². The number of nitrogens with two attached hydrogens (primary N) is 1. The van der Waals surface area contributed by atoms with Gasteiger partial charge in [0.15, 0.2) is 5.82 Å². The molecule has 0 radical (unpaired) electrons. The third-order valence-corrected chi connectivity index (χ3v) is 3.32. The van der Waals surface area contributed by atoms with Crippen molar-refractivity contribution in [2.75, 3.05) is 5.73 Å². The summed E-state index contributed by atoms with van der Waals surface area (Å²) >= 11 is 0. The Morgan fingerprint density at radius 1 is 1.06 bits per heavy atom. The average molecular weight is 241 g/mol. The van der Waals surface area contributed by atoms with Gasteiger partial charge in [-0.3, -0.25) is 0 Å². The third-order valence-electron chi connectivity index (χ3n) is 3.32. The van der Waals surface area contributed by atoms with Gasteiger partial charge in [0.25, 0.3) is 0 Å². The lowest BCUT2D eigenvalue weighted by Gasteiger charge is -2.12. The molecule has 2 N–H and O–H groups in total. The largest absolute Gasteiger partial charge is 0.383 e. The summed E-state index contributed by atoms with van der Waals surface area (Å²) in [5.41, 5.74) is 11.5. The number of anilines is 1. The molecule has 3 nitrogen and oxygen atoms in total. The monoisotopic (exact) mass is 241 g/mol. The van der Waals surface area contributed by atoms with Crippen molar-refractivity contribution in [3.8, 4) is 11.4 Å². The van der Waals surface area contributed by atoms with Crippen LogP contribution < -0.4 is 5.73 Å². The molecule has 0 atom stereocenters. The van der Waals surface area contributed by atoms with Gasteiger partial charge in [-0.25, -0.2) is 9.97 Å². The highest BCUT2D eigenvalue weighted by Crippen LogP contribution is 2.26. The first kappa shape index (κ1) is 12.6. The quantitative estimate of drug-likeness (QED) is 0.878. The minimum Gasteiger partial charge on any atom is -0.383 e. The minimum atomic E-state index is 0.583. The molecule has 18 heavy (non-hydrogen) atoms. The number of hydrogen-bond donors (Lipinski definition) is 1. The number of rotatable bonds is 2. The van der Waals surface area contributed by atoms with E-state index >= 15 is 0 Å². The Morgan fingerprint density at radius 2 is 1.67 bits per heavy atom. The lowest BCUT2D eigenvalue weighted by Crippen LogP contribution is -2.05. The van der Waals surface area contributed by atoms with Crippen molar-refractivity contribution in [3.05, 3.63) is 40.6 Å². The Kier molecular flexibility index (Phi) is 3.32. The lowest BCUT2D eigenvalue weighted by molar-refractivity contribution is 0.979. The number of aryl methyl sites for hydroxylation is 3. The maximum atomic E-state index is 5.98. The van der Waals surface area contributed by atoms with Crippen molar-refractivity contribution in [1.82, 2.24) is 9.97 Å². The van der Waals surface area contributed by atoms with E-state index < -0.39 is 0 Å². The number of hydrogen-bond acceptors (Lipinski definition) is 3. The van der Waals surface area contributed by atoms with Gasteiger partial charge in [0.1, 0.15) is 5.82 Å². The standard InChI is InChI=1S/C15H19N3/c1-5-12-11(4)14(16)18-15(17-12)13-9(2)7-6-8-10(13)3/h6-8H,5H2,1-4H3,(H2,16,17,18). The summed E-state index contributed by atoms with van der Waals surface area (Å²) in [7, 11) is 0. The number of nitrogens with zero attached hydrogens (tertiary/aromatic N) is 2. The van der Waals surface area contributed by atoms with Crippen LogP contribution in [0.4, 0.5) is 5.82 Å². The SMILES string of the molecule is CCc1nc(-c2c(C)cccc2C)nc(N)c1C. The van der Waals surface area contributed by atoms with Gasteiger partial charge in [0.2, 0.25) is 0 Å². The van der Waals surface area contributed by atoms with Gasteiger partial charge in [0.05, 0.1) is 0 Å². The molecular formula is C15H19N3. The van der Waals surface area contributed by atoms with Gasteiger partial charge in [-0.15, -0.1) is 0 Å². The summed E-state index contributed by atoms with van der Waals surface area (Å²) in [4.78, 5) is 9.09. The summed E-state index contributed by atoms with van der Waals surface area (Å²) in [5.74, 6) is 1.32. The van der Waals surface area contributed by atoms with Crippen molar-refractivity contribution in [1.29, 1.82) is 0 Å². The highest BCUT2D eigenvalue weighted by Gasteiger charge is 2.12. The van der Waals surface area contributed by atoms with Crippen molar-refractivity contribution in [2.45, 2.75) is 34.1 Å². The number of aromatic nitrogens is 2. The molecule has 0 bridgehead atoms. The van der Waals surface area contributed by atoms with E-state index in [4.69, 9.17) is 5.73 Å². The number of nitrogen functional groups attached to an aromatic ring is 1. The van der Waals surface area contributed by atoms with Gasteiger partial charge < -0.3 is 5.73 Å². The predicted octanol–water partition coefficient (Wildman–Crippen LogP) is 3.21. The summed E-state index contributed by atoms with van der Waals surface area (Å²) in [6.45, 7) is 8.21. The van der Waals surface area contributed by atoms with Crippen LogP contribution >= 0.6 is 0 Å². The molecule has 2 aromatic rings. The Hall–Kier alpha value is -1.90. The highest BCUT2D eigenvalue weighted by molar-refractivity contribution is 5.66. The third kappa shape index (κ3) is 2.08. The molecule has 0 aliphatic rings. The van der Waals surface area contributed by atoms with Crippen LogP contribution in [0.5, 0.6) is 0 Å². The van der Waals surface area contributed by atoms with Crippen LogP contribution in [0.15, 0.2) is 18.2 Å². The van der Waals surface area contributed by atoms with E-state index in [9.17, 15) is 0 Å². The molecule has 0 amide bonds. The zero-order valence-corrected chi connectivity index (χ0v) is 11.4. The Labute approximate surface area is 108 Å². The zero-order chi connectivity index (χ0) is 13.3. The maximum Gasteiger partial charge on any atom is 0.162 e. The second-order valence-electron chi connectivity index (χ2n) is 4.62. The number of benzene rings is 1. The van der Waals surface area contributed by atoms with Crippen LogP contribution in [0.1, 0.15) is 29.3 Å². The molecule has 0 fully saturated rings. The average Bonchev–Trinajstić information content (AvgIpc) is 2.33. The summed E-state index contributed by atoms with van der Waals surface area (Å²) in [5, 5.41) is 0. The van der Waals surface area contributed by atoms with Crippen LogP contribution in [-0.2, 0) is 6.42 Å². The van der Waals surface area contributed by atoms with E-state index in [-0.39, 0.29) is 0 Å². The Balaban J connectivity index is 2.68. The van der Waals surface area contributed by atoms with E-state index in [1.807, 2.05) is 13.0 Å². The molecule has 3 heteroatoms. The molecule has 0 spiro atoms. The fourth-order valence-electron chi connectivity index (χ4n) is 2.21. The maximum absolute atomic E-state index is 5.98. The molecule has 2 rings (SSSR count). The van der Waals surface area contributed by atoms with Gasteiger partial charge in [-0.05, 0) is 38.3 Å². The van der Waals surface area contributed by atoms with Gasteiger partial charge >= 0.3 is 0 Å². The Morgan fingerprint density at radius 3 is 2.22 bits per heavy atom. The molecule has 0 saturated heterocycles. The fraction of sp³-hybridized carbons (Fsp3) is 0.333. The smallest absolute Gasteiger partial charge is 0.162 e. The van der Waals surface area contributed by atoms with Crippen molar-refractivity contribution < 1.29 is 0 Å². The van der Waals surface area contributed by atoms with Crippen molar-refractivity contribution >= 4 is 5.82 Å². The second-order valence-corrected chi connectivity index (χ2v) is 4.62. The predicted molar refractivity (Wildman–Crippen MR) is 75.5 cm³/mol. The molecule has 94 valence electrons. The minimum absolute atomic E-state index is 0.583. The van der Waals surface area contributed by atoms with Crippen molar-refractivity contribution in [3.63, 3.8) is 0 Å². The van der Waals surface area contributed by atoms with Crippen LogP contribution in [0, 0.1) is 20.8 Å². The van der Waals surface area contributed by atoms with E-state index in [1.54, 1.807) is 0 Å². The second kappa shape index (κ2) is 4.77. The van der Waals surface area contributed by atoms with Crippen LogP contribution in [-0.4, -0.2) is 9.97 Å². The van der Waals surface area contributed by atoms with Gasteiger partial charge in [-0.1, -0.05) is 25.1 Å². The molecule has 1 heterocycles. The Bertz CT molecular complexity index is 568. The van der Waals surface area contributed by atoms with E-state index in [2.05, 4.69) is 42.9 Å². The molecule has 0 aliphatic carbocycles. The van der Waals surface area contributed by atoms with Gasteiger partial charge in [0, 0.05) is 16.8 Å². The first-order valence-corrected chi connectivity index (χ1v) is 6.24. The molecule has 1 aromatic heterocycles.